The predicted octanol–water partition coefficient (Wildman–Crippen LogP) is 6.95. The average molecular weight is 659 g/mol. The molecular weight excluding hydrogens is 624 g/mol. The lowest BCUT2D eigenvalue weighted by molar-refractivity contribution is -0.137. The lowest BCUT2D eigenvalue weighted by Gasteiger charge is -2.30. The molecule has 0 radical (unpaired) electrons. The molecule has 1 atom stereocenters. The van der Waals surface area contributed by atoms with Gasteiger partial charge in [0.2, 0.25) is 0 Å². The minimum Gasteiger partial charge on any atom is -0.364 e. The molecule has 48 heavy (non-hydrogen) atoms. The summed E-state index contributed by atoms with van der Waals surface area (Å²) in [6, 6.07) is 12.0. The standard InChI is InChI=1S/C35H34F4N8O/c1-21-4-3-11-46(17-21)18-22-12-27-28(29(36)13-22)19-47(33(27)48)31-15-23(14-30(42-31)43-34(7-8-34)9-10-40)26-16-24(35(37,38)39)5-6-25(26)32-44-41-20-45(32)2/h5-6,12-16,20-21H,3-4,7-9,11,17-19H2,1-2H3,(H,42,43)/t21-/m0/s1. The van der Waals surface area contributed by atoms with Gasteiger partial charge >= 0.3 is 6.18 Å². The number of hydrogen-bond acceptors (Lipinski definition) is 7. The van der Waals surface area contributed by atoms with Crippen molar-refractivity contribution >= 4 is 17.5 Å². The molecule has 13 heteroatoms. The van der Waals surface area contributed by atoms with E-state index in [1.54, 1.807) is 29.8 Å². The Hall–Kier alpha value is -4.83. The molecule has 2 aromatic carbocycles. The van der Waals surface area contributed by atoms with Gasteiger partial charge in [-0.25, -0.2) is 9.37 Å². The van der Waals surface area contributed by atoms with Crippen molar-refractivity contribution in [1.29, 1.82) is 5.26 Å². The lowest BCUT2D eigenvalue weighted by Crippen LogP contribution is -2.33. The molecule has 1 amide bonds. The van der Waals surface area contributed by atoms with Gasteiger partial charge in [-0.3, -0.25) is 14.6 Å². The SMILES string of the molecule is C[C@H]1CCCN(Cc2cc(F)c3c(c2)C(=O)N(c2cc(-c4cc(C(F)(F)F)ccc4-c4nncn4C)cc(NC4(CC#N)CC4)n2)C3)C1. The van der Waals surface area contributed by atoms with Crippen LogP contribution >= 0.6 is 0 Å². The van der Waals surface area contributed by atoms with Gasteiger partial charge in [0.25, 0.3) is 5.91 Å². The van der Waals surface area contributed by atoms with Crippen molar-refractivity contribution in [3.05, 3.63) is 76.9 Å². The highest BCUT2D eigenvalue weighted by Crippen LogP contribution is 2.44. The van der Waals surface area contributed by atoms with Crippen molar-refractivity contribution in [2.75, 3.05) is 23.3 Å². The molecule has 1 saturated carbocycles. The van der Waals surface area contributed by atoms with E-state index in [0.717, 1.165) is 38.1 Å². The van der Waals surface area contributed by atoms with Gasteiger partial charge in [-0.05, 0) is 97.3 Å². The van der Waals surface area contributed by atoms with Crippen LogP contribution in [0, 0.1) is 23.1 Å². The van der Waals surface area contributed by atoms with Crippen LogP contribution in [-0.2, 0) is 26.3 Å². The summed E-state index contributed by atoms with van der Waals surface area (Å²) >= 11 is 0. The molecule has 0 spiro atoms. The number of pyridine rings is 1. The molecule has 7 rings (SSSR count). The van der Waals surface area contributed by atoms with Gasteiger partial charge in [-0.15, -0.1) is 10.2 Å². The number of hydrogen-bond donors (Lipinski definition) is 1. The second kappa shape index (κ2) is 12.0. The van der Waals surface area contributed by atoms with E-state index in [0.29, 0.717) is 53.6 Å². The second-order valence-electron chi connectivity index (χ2n) is 13.3. The number of aryl methyl sites for hydroxylation is 1. The summed E-state index contributed by atoms with van der Waals surface area (Å²) < 4.78 is 59.3. The Labute approximate surface area is 275 Å². The zero-order valence-corrected chi connectivity index (χ0v) is 26.6. The van der Waals surface area contributed by atoms with E-state index >= 15 is 4.39 Å². The Balaban J connectivity index is 1.31. The van der Waals surface area contributed by atoms with Gasteiger partial charge in [-0.1, -0.05) is 6.92 Å². The van der Waals surface area contributed by atoms with E-state index in [1.807, 2.05) is 0 Å². The molecule has 1 saturated heterocycles. The fraction of sp³-hybridized carbons (Fsp3) is 0.400. The molecule has 1 N–H and O–H groups in total. The highest BCUT2D eigenvalue weighted by molar-refractivity contribution is 6.10. The molecule has 0 bridgehead atoms. The van der Waals surface area contributed by atoms with E-state index in [-0.39, 0.29) is 35.5 Å². The summed E-state index contributed by atoms with van der Waals surface area (Å²) in [5, 5.41) is 20.8. The highest BCUT2D eigenvalue weighted by atomic mass is 19.4. The van der Waals surface area contributed by atoms with Crippen molar-refractivity contribution in [3.8, 4) is 28.6 Å². The third-order valence-electron chi connectivity index (χ3n) is 9.56. The number of halogens is 4. The number of carbonyl (C=O) groups excluding carboxylic acids is 1. The van der Waals surface area contributed by atoms with E-state index in [1.165, 1.54) is 23.4 Å². The van der Waals surface area contributed by atoms with Crippen LogP contribution in [0.3, 0.4) is 0 Å². The maximum Gasteiger partial charge on any atom is 0.416 e. The van der Waals surface area contributed by atoms with Crippen molar-refractivity contribution in [2.24, 2.45) is 13.0 Å². The van der Waals surface area contributed by atoms with Crippen LogP contribution in [0.5, 0.6) is 0 Å². The number of carbonyl (C=O) groups is 1. The smallest absolute Gasteiger partial charge is 0.364 e. The first-order valence-corrected chi connectivity index (χ1v) is 16.0. The van der Waals surface area contributed by atoms with Crippen LogP contribution in [0.4, 0.5) is 29.2 Å². The number of likely N-dealkylation sites (tertiary alicyclic amines) is 1. The quantitative estimate of drug-likeness (QED) is 0.204. The fourth-order valence-corrected chi connectivity index (χ4v) is 6.86. The first kappa shape index (κ1) is 31.8. The fourth-order valence-electron chi connectivity index (χ4n) is 6.86. The molecule has 4 heterocycles. The Morgan fingerprint density at radius 3 is 2.60 bits per heavy atom. The number of fused-ring (bicyclic) bond motifs is 1. The van der Waals surface area contributed by atoms with Crippen molar-refractivity contribution < 1.29 is 22.4 Å². The maximum atomic E-state index is 15.6. The first-order valence-electron chi connectivity index (χ1n) is 16.0. The maximum absolute atomic E-state index is 15.6. The average Bonchev–Trinajstić information content (AvgIpc) is 3.50. The number of nitriles is 1. The third-order valence-corrected chi connectivity index (χ3v) is 9.56. The van der Waals surface area contributed by atoms with Gasteiger partial charge in [0.1, 0.15) is 23.8 Å². The van der Waals surface area contributed by atoms with Gasteiger partial charge in [0, 0.05) is 36.8 Å². The molecular formula is C35H34F4N8O. The Kier molecular flexibility index (Phi) is 7.94. The molecule has 4 aromatic rings. The number of nitrogens with zero attached hydrogens (tertiary/aromatic N) is 7. The number of aromatic nitrogens is 4. The Morgan fingerprint density at radius 1 is 1.10 bits per heavy atom. The lowest BCUT2D eigenvalue weighted by atomic mass is 9.96. The summed E-state index contributed by atoms with van der Waals surface area (Å²) in [4.78, 5) is 22.3. The Bertz CT molecular complexity index is 1940. The number of anilines is 2. The normalized spacial score (nSPS) is 18.9. The largest absolute Gasteiger partial charge is 0.416 e. The summed E-state index contributed by atoms with van der Waals surface area (Å²) in [6.45, 7) is 4.46. The van der Waals surface area contributed by atoms with E-state index in [4.69, 9.17) is 4.98 Å². The molecule has 2 aliphatic heterocycles. The molecule has 9 nitrogen and oxygen atoms in total. The monoisotopic (exact) mass is 658 g/mol. The molecule has 0 unspecified atom stereocenters. The predicted molar refractivity (Wildman–Crippen MR) is 171 cm³/mol. The van der Waals surface area contributed by atoms with Crippen molar-refractivity contribution in [1.82, 2.24) is 24.6 Å². The highest BCUT2D eigenvalue weighted by Gasteiger charge is 2.43. The summed E-state index contributed by atoms with van der Waals surface area (Å²) in [7, 11) is 1.69. The molecule has 2 fully saturated rings. The molecule has 3 aliphatic rings. The summed E-state index contributed by atoms with van der Waals surface area (Å²) in [5.41, 5.74) is 0.754. The van der Waals surface area contributed by atoms with Crippen LogP contribution in [0.15, 0.2) is 48.8 Å². The van der Waals surface area contributed by atoms with Gasteiger partial charge < -0.3 is 9.88 Å². The van der Waals surface area contributed by atoms with E-state index in [9.17, 15) is 23.2 Å². The van der Waals surface area contributed by atoms with Gasteiger partial charge in [-0.2, -0.15) is 18.4 Å². The third kappa shape index (κ3) is 6.12. The first-order chi connectivity index (χ1) is 22.9. The number of rotatable bonds is 8. The van der Waals surface area contributed by atoms with E-state index < -0.39 is 29.0 Å². The minimum absolute atomic E-state index is 0.0843. The number of benzene rings is 2. The molecule has 2 aromatic heterocycles. The van der Waals surface area contributed by atoms with Crippen LogP contribution in [0.25, 0.3) is 22.5 Å². The molecule has 1 aliphatic carbocycles. The van der Waals surface area contributed by atoms with Crippen LogP contribution in [-0.4, -0.2) is 49.2 Å². The number of piperidine rings is 1. The van der Waals surface area contributed by atoms with Gasteiger partial charge in [0.05, 0.1) is 30.1 Å². The number of amides is 1. The Morgan fingerprint density at radius 2 is 1.92 bits per heavy atom. The summed E-state index contributed by atoms with van der Waals surface area (Å²) in [6.07, 6.45) is 0.697. The van der Waals surface area contributed by atoms with Crippen LogP contribution in [0.1, 0.15) is 66.1 Å². The molecule has 248 valence electrons. The second-order valence-corrected chi connectivity index (χ2v) is 13.3. The minimum atomic E-state index is -4.62. The van der Waals surface area contributed by atoms with Crippen LogP contribution in [0.2, 0.25) is 0 Å². The zero-order chi connectivity index (χ0) is 33.8. The zero-order valence-electron chi connectivity index (χ0n) is 26.6. The van der Waals surface area contributed by atoms with E-state index in [2.05, 4.69) is 33.4 Å². The number of nitrogens with one attached hydrogen (secondary N) is 1. The van der Waals surface area contributed by atoms with Crippen molar-refractivity contribution in [2.45, 2.75) is 63.8 Å². The number of alkyl halides is 3. The topological polar surface area (TPSA) is 103 Å². The summed E-state index contributed by atoms with van der Waals surface area (Å²) in [5.74, 6) is 0.412. The van der Waals surface area contributed by atoms with Crippen LogP contribution < -0.4 is 10.2 Å². The van der Waals surface area contributed by atoms with Crippen molar-refractivity contribution in [3.63, 3.8) is 0 Å². The van der Waals surface area contributed by atoms with Gasteiger partial charge in [0.15, 0.2) is 5.82 Å².